The Labute approximate surface area is 157 Å². The number of para-hydroxylation sites is 1. The molecule has 0 aliphatic heterocycles. The number of ether oxygens (including phenoxy) is 2. The predicted molar refractivity (Wildman–Crippen MR) is 99.6 cm³/mol. The van der Waals surface area contributed by atoms with Crippen LogP contribution in [0.15, 0.2) is 67.3 Å². The predicted octanol–water partition coefficient (Wildman–Crippen LogP) is 4.15. The molecule has 1 aromatic heterocycles. The van der Waals surface area contributed by atoms with Gasteiger partial charge in [-0.2, -0.15) is 0 Å². The highest BCUT2D eigenvalue weighted by Crippen LogP contribution is 2.19. The van der Waals surface area contributed by atoms with Crippen molar-refractivity contribution in [1.29, 1.82) is 0 Å². The van der Waals surface area contributed by atoms with E-state index in [1.165, 1.54) is 0 Å². The molecule has 0 saturated heterocycles. The van der Waals surface area contributed by atoms with E-state index in [-0.39, 0.29) is 6.61 Å². The first-order valence-electron chi connectivity index (χ1n) is 8.22. The van der Waals surface area contributed by atoms with Gasteiger partial charge in [0, 0.05) is 12.4 Å². The van der Waals surface area contributed by atoms with Crippen molar-refractivity contribution in [2.24, 2.45) is 0 Å². The van der Waals surface area contributed by atoms with Crippen LogP contribution in [0.25, 0.3) is 0 Å². The van der Waals surface area contributed by atoms with Gasteiger partial charge < -0.3 is 14.0 Å². The number of carbonyl (C=O) groups excluding carboxylic acids is 1. The average molecular weight is 371 g/mol. The maximum Gasteiger partial charge on any atom is 0.340 e. The van der Waals surface area contributed by atoms with E-state index in [0.29, 0.717) is 22.9 Å². The van der Waals surface area contributed by atoms with E-state index in [4.69, 9.17) is 21.1 Å². The molecule has 0 aliphatic rings. The summed E-state index contributed by atoms with van der Waals surface area (Å²) < 4.78 is 13.3. The molecule has 0 radical (unpaired) electrons. The van der Waals surface area contributed by atoms with Crippen LogP contribution in [-0.4, -0.2) is 28.2 Å². The third kappa shape index (κ3) is 4.86. The van der Waals surface area contributed by atoms with Crippen LogP contribution in [0, 0.1) is 6.92 Å². The summed E-state index contributed by atoms with van der Waals surface area (Å²) in [6.07, 6.45) is 4.66. The monoisotopic (exact) mass is 370 g/mol. The molecule has 0 spiro atoms. The molecule has 0 saturated carbocycles. The van der Waals surface area contributed by atoms with Crippen molar-refractivity contribution in [2.45, 2.75) is 19.6 Å². The molecule has 6 heteroatoms. The first-order valence-corrected chi connectivity index (χ1v) is 8.60. The highest BCUT2D eigenvalue weighted by Gasteiger charge is 2.19. The van der Waals surface area contributed by atoms with Gasteiger partial charge in [0.05, 0.1) is 23.5 Å². The summed E-state index contributed by atoms with van der Waals surface area (Å²) in [7, 11) is 0. The van der Waals surface area contributed by atoms with Crippen LogP contribution in [0.3, 0.4) is 0 Å². The summed E-state index contributed by atoms with van der Waals surface area (Å²) in [6.45, 7) is 2.57. The van der Waals surface area contributed by atoms with Crippen molar-refractivity contribution in [3.63, 3.8) is 0 Å². The Balaban J connectivity index is 1.70. The first-order chi connectivity index (χ1) is 12.6. The van der Waals surface area contributed by atoms with E-state index in [0.717, 1.165) is 5.56 Å². The molecule has 0 fully saturated rings. The van der Waals surface area contributed by atoms with Crippen molar-refractivity contribution in [1.82, 2.24) is 9.55 Å². The Morgan fingerprint density at radius 2 is 2.04 bits per heavy atom. The SMILES string of the molecule is Cc1ccc(C(=O)O[C@@H](COc2ccccc2)Cn2ccnc2)c(Cl)c1. The maximum absolute atomic E-state index is 12.5. The number of nitrogens with zero attached hydrogens (tertiary/aromatic N) is 2. The van der Waals surface area contributed by atoms with Crippen molar-refractivity contribution in [2.75, 3.05) is 6.61 Å². The van der Waals surface area contributed by atoms with Gasteiger partial charge in [-0.15, -0.1) is 0 Å². The normalized spacial score (nSPS) is 11.8. The van der Waals surface area contributed by atoms with E-state index in [9.17, 15) is 4.79 Å². The molecule has 3 rings (SSSR count). The van der Waals surface area contributed by atoms with Crippen molar-refractivity contribution >= 4 is 17.6 Å². The standard InChI is InChI=1S/C20H19ClN2O3/c1-15-7-8-18(19(21)11-15)20(24)26-17(12-23-10-9-22-14-23)13-25-16-5-3-2-4-6-16/h2-11,14,17H,12-13H2,1H3/t17-/m1/s1. The molecule has 26 heavy (non-hydrogen) atoms. The van der Waals surface area contributed by atoms with E-state index >= 15 is 0 Å². The summed E-state index contributed by atoms with van der Waals surface area (Å²) in [5.74, 6) is 0.240. The minimum Gasteiger partial charge on any atom is -0.490 e. The first kappa shape index (κ1) is 18.0. The summed E-state index contributed by atoms with van der Waals surface area (Å²) in [5, 5.41) is 0.375. The lowest BCUT2D eigenvalue weighted by Crippen LogP contribution is -2.29. The number of carbonyl (C=O) groups is 1. The van der Waals surface area contributed by atoms with Crippen LogP contribution in [0.2, 0.25) is 5.02 Å². The smallest absolute Gasteiger partial charge is 0.340 e. The second-order valence-electron chi connectivity index (χ2n) is 5.89. The van der Waals surface area contributed by atoms with Crippen LogP contribution in [0.5, 0.6) is 5.75 Å². The molecular formula is C20H19ClN2O3. The lowest BCUT2D eigenvalue weighted by molar-refractivity contribution is 0.0125. The third-order valence-corrected chi connectivity index (χ3v) is 4.08. The van der Waals surface area contributed by atoms with Crippen molar-refractivity contribution in [3.8, 4) is 5.75 Å². The number of halogens is 1. The largest absolute Gasteiger partial charge is 0.490 e. The summed E-state index contributed by atoms with van der Waals surface area (Å²) in [4.78, 5) is 16.6. The lowest BCUT2D eigenvalue weighted by atomic mass is 10.1. The zero-order chi connectivity index (χ0) is 18.4. The highest BCUT2D eigenvalue weighted by atomic mass is 35.5. The Morgan fingerprint density at radius 1 is 1.23 bits per heavy atom. The van der Waals surface area contributed by atoms with Gasteiger partial charge in [0.2, 0.25) is 0 Å². The minimum atomic E-state index is -0.491. The number of benzene rings is 2. The number of esters is 1. The van der Waals surface area contributed by atoms with Gasteiger partial charge in [-0.05, 0) is 36.8 Å². The van der Waals surface area contributed by atoms with Gasteiger partial charge in [0.25, 0.3) is 0 Å². The molecule has 1 heterocycles. The Morgan fingerprint density at radius 3 is 2.73 bits per heavy atom. The second-order valence-corrected chi connectivity index (χ2v) is 6.30. The van der Waals surface area contributed by atoms with Crippen molar-refractivity contribution < 1.29 is 14.3 Å². The molecule has 1 atom stereocenters. The van der Waals surface area contributed by atoms with Gasteiger partial charge >= 0.3 is 5.97 Å². The van der Waals surface area contributed by atoms with Gasteiger partial charge in [0.1, 0.15) is 12.4 Å². The number of rotatable bonds is 7. The maximum atomic E-state index is 12.5. The van der Waals surface area contributed by atoms with E-state index in [1.807, 2.05) is 54.1 Å². The average Bonchev–Trinajstić information content (AvgIpc) is 3.13. The van der Waals surface area contributed by atoms with Gasteiger partial charge in [-0.25, -0.2) is 9.78 Å². The van der Waals surface area contributed by atoms with Gasteiger partial charge in [-0.3, -0.25) is 0 Å². The van der Waals surface area contributed by atoms with Crippen LogP contribution in [0.4, 0.5) is 0 Å². The van der Waals surface area contributed by atoms with Crippen LogP contribution in [0.1, 0.15) is 15.9 Å². The summed E-state index contributed by atoms with van der Waals surface area (Å²) >= 11 is 6.18. The molecule has 134 valence electrons. The van der Waals surface area contributed by atoms with Crippen LogP contribution in [-0.2, 0) is 11.3 Å². The Kier molecular flexibility index (Phi) is 5.92. The van der Waals surface area contributed by atoms with Gasteiger partial charge in [0.15, 0.2) is 6.10 Å². The summed E-state index contributed by atoms with van der Waals surface area (Å²) in [5.41, 5.74) is 1.32. The molecule has 2 aromatic carbocycles. The van der Waals surface area contributed by atoms with Crippen molar-refractivity contribution in [3.05, 3.63) is 83.4 Å². The fourth-order valence-corrected chi connectivity index (χ4v) is 2.77. The molecule has 0 aliphatic carbocycles. The van der Waals surface area contributed by atoms with Gasteiger partial charge in [-0.1, -0.05) is 35.9 Å². The minimum absolute atomic E-state index is 0.220. The van der Waals surface area contributed by atoms with Crippen LogP contribution < -0.4 is 4.74 Å². The number of hydrogen-bond acceptors (Lipinski definition) is 4. The zero-order valence-electron chi connectivity index (χ0n) is 14.3. The molecule has 5 nitrogen and oxygen atoms in total. The summed E-state index contributed by atoms with van der Waals surface area (Å²) in [6, 6.07) is 14.6. The molecule has 0 amide bonds. The number of hydrogen-bond donors (Lipinski definition) is 0. The Bertz CT molecular complexity index is 851. The van der Waals surface area contributed by atoms with E-state index in [1.54, 1.807) is 24.7 Å². The second kappa shape index (κ2) is 8.54. The molecule has 3 aromatic rings. The fourth-order valence-electron chi connectivity index (χ4n) is 2.46. The quantitative estimate of drug-likeness (QED) is 0.586. The molecule has 0 bridgehead atoms. The Hall–Kier alpha value is -2.79. The van der Waals surface area contributed by atoms with E-state index < -0.39 is 12.1 Å². The number of aromatic nitrogens is 2. The zero-order valence-corrected chi connectivity index (χ0v) is 15.1. The van der Waals surface area contributed by atoms with Crippen LogP contribution >= 0.6 is 11.6 Å². The fraction of sp³-hybridized carbons (Fsp3) is 0.200. The molecular weight excluding hydrogens is 352 g/mol. The number of aryl methyl sites for hydroxylation is 1. The number of imidazole rings is 1. The van der Waals surface area contributed by atoms with E-state index in [2.05, 4.69) is 4.98 Å². The topological polar surface area (TPSA) is 53.4 Å². The lowest BCUT2D eigenvalue weighted by Gasteiger charge is -2.19. The molecule has 0 unspecified atom stereocenters. The third-order valence-electron chi connectivity index (χ3n) is 3.77. The molecule has 0 N–H and O–H groups in total. The highest BCUT2D eigenvalue weighted by molar-refractivity contribution is 6.33.